The summed E-state index contributed by atoms with van der Waals surface area (Å²) < 4.78 is 2.63. The van der Waals surface area contributed by atoms with E-state index in [2.05, 4.69) is 33.3 Å². The molecule has 4 rings (SSSR count). The molecule has 0 saturated carbocycles. The summed E-state index contributed by atoms with van der Waals surface area (Å²) in [6.07, 6.45) is 4.11. The zero-order valence-corrected chi connectivity index (χ0v) is 15.4. The van der Waals surface area contributed by atoms with Gasteiger partial charge in [-0.1, -0.05) is 35.0 Å². The van der Waals surface area contributed by atoms with Crippen LogP contribution in [0.5, 0.6) is 0 Å². The number of pyridine rings is 1. The van der Waals surface area contributed by atoms with E-state index in [1.54, 1.807) is 4.52 Å². The summed E-state index contributed by atoms with van der Waals surface area (Å²) >= 11 is 3.41. The van der Waals surface area contributed by atoms with E-state index in [0.717, 1.165) is 40.7 Å². The van der Waals surface area contributed by atoms with Crippen LogP contribution in [0, 0.1) is 0 Å². The summed E-state index contributed by atoms with van der Waals surface area (Å²) in [5, 5.41) is 17.8. The molecule has 6 heteroatoms. The van der Waals surface area contributed by atoms with Crippen LogP contribution in [0.4, 0.5) is 5.69 Å². The largest absolute Gasteiger partial charge is 0.478 e. The van der Waals surface area contributed by atoms with Gasteiger partial charge in [-0.3, -0.25) is 0 Å². The van der Waals surface area contributed by atoms with Gasteiger partial charge in [-0.15, -0.1) is 0 Å². The highest BCUT2D eigenvalue weighted by Gasteiger charge is 2.23. The molecule has 1 aliphatic rings. The van der Waals surface area contributed by atoms with Gasteiger partial charge in [-0.2, -0.15) is 5.10 Å². The first kappa shape index (κ1) is 16.1. The van der Waals surface area contributed by atoms with Crippen LogP contribution < -0.4 is 5.32 Å². The summed E-state index contributed by atoms with van der Waals surface area (Å²) in [7, 11) is 0. The van der Waals surface area contributed by atoms with E-state index >= 15 is 0 Å². The van der Waals surface area contributed by atoms with Crippen LogP contribution in [0.15, 0.2) is 41.0 Å². The first-order chi connectivity index (χ1) is 12.0. The molecule has 3 aromatic rings. The quantitative estimate of drug-likeness (QED) is 0.650. The SMILES string of the molecule is CC1CCCNc2cn3nc(-c4ccc(Br)cc4)c(C(=O)O)c3cc21. The molecule has 1 unspecified atom stereocenters. The first-order valence-electron chi connectivity index (χ1n) is 8.34. The van der Waals surface area contributed by atoms with Crippen LogP contribution in [0.25, 0.3) is 16.8 Å². The first-order valence-corrected chi connectivity index (χ1v) is 9.13. The second-order valence-corrected chi connectivity index (χ2v) is 7.39. The number of carbonyl (C=O) groups is 1. The van der Waals surface area contributed by atoms with Gasteiger partial charge in [-0.25, -0.2) is 9.31 Å². The smallest absolute Gasteiger partial charge is 0.340 e. The minimum Gasteiger partial charge on any atom is -0.478 e. The maximum absolute atomic E-state index is 12.0. The van der Waals surface area contributed by atoms with Gasteiger partial charge >= 0.3 is 5.97 Å². The lowest BCUT2D eigenvalue weighted by Crippen LogP contribution is -2.03. The summed E-state index contributed by atoms with van der Waals surface area (Å²) in [6.45, 7) is 3.12. The molecule has 0 bridgehead atoms. The van der Waals surface area contributed by atoms with E-state index < -0.39 is 5.97 Å². The second kappa shape index (κ2) is 6.19. The number of rotatable bonds is 2. The molecule has 0 fully saturated rings. The van der Waals surface area contributed by atoms with Crippen molar-refractivity contribution < 1.29 is 9.90 Å². The Hall–Kier alpha value is -2.34. The molecule has 2 aromatic heterocycles. The van der Waals surface area contributed by atoms with Crippen molar-refractivity contribution in [3.63, 3.8) is 0 Å². The maximum atomic E-state index is 12.0. The minimum absolute atomic E-state index is 0.251. The van der Waals surface area contributed by atoms with Crippen molar-refractivity contribution in [1.82, 2.24) is 9.61 Å². The van der Waals surface area contributed by atoms with Crippen LogP contribution in [0.3, 0.4) is 0 Å². The van der Waals surface area contributed by atoms with Crippen molar-refractivity contribution in [1.29, 1.82) is 0 Å². The standard InChI is InChI=1S/C19H18BrN3O2/c1-11-3-2-8-21-15-10-23-16(9-14(11)15)17(19(24)25)18(22-23)12-4-6-13(20)7-5-12/h4-7,9-11,21H,2-3,8H2,1H3,(H,24,25). The molecule has 0 radical (unpaired) electrons. The van der Waals surface area contributed by atoms with E-state index in [9.17, 15) is 9.90 Å². The number of hydrogen-bond donors (Lipinski definition) is 2. The zero-order valence-electron chi connectivity index (χ0n) is 13.8. The molecule has 1 aromatic carbocycles. The highest BCUT2D eigenvalue weighted by Crippen LogP contribution is 2.35. The number of nitrogens with zero attached hydrogens (tertiary/aromatic N) is 2. The predicted octanol–water partition coefficient (Wildman–Crippen LogP) is 4.77. The fraction of sp³-hybridized carbons (Fsp3) is 0.263. The van der Waals surface area contributed by atoms with Crippen LogP contribution in [0.1, 0.15) is 41.6 Å². The molecule has 5 nitrogen and oxygen atoms in total. The lowest BCUT2D eigenvalue weighted by Gasteiger charge is -2.13. The molecule has 3 heterocycles. The van der Waals surface area contributed by atoms with Gasteiger partial charge in [0.1, 0.15) is 11.3 Å². The van der Waals surface area contributed by atoms with Crippen molar-refractivity contribution >= 4 is 33.1 Å². The number of benzene rings is 1. The third-order valence-electron chi connectivity index (χ3n) is 4.79. The number of aromatic carboxylic acids is 1. The lowest BCUT2D eigenvalue weighted by molar-refractivity contribution is 0.0700. The van der Waals surface area contributed by atoms with E-state index in [-0.39, 0.29) is 5.56 Å². The van der Waals surface area contributed by atoms with E-state index in [1.807, 2.05) is 36.5 Å². The van der Waals surface area contributed by atoms with Crippen molar-refractivity contribution in [3.8, 4) is 11.3 Å². The monoisotopic (exact) mass is 399 g/mol. The number of anilines is 1. The van der Waals surface area contributed by atoms with Crippen LogP contribution in [-0.2, 0) is 0 Å². The molecule has 1 atom stereocenters. The lowest BCUT2D eigenvalue weighted by atomic mass is 9.96. The van der Waals surface area contributed by atoms with Crippen LogP contribution in [0.2, 0.25) is 0 Å². The Morgan fingerprint density at radius 3 is 2.84 bits per heavy atom. The van der Waals surface area contributed by atoms with Gasteiger partial charge < -0.3 is 10.4 Å². The van der Waals surface area contributed by atoms with Crippen LogP contribution in [-0.4, -0.2) is 27.2 Å². The van der Waals surface area contributed by atoms with Crippen molar-refractivity contribution in [2.75, 3.05) is 11.9 Å². The van der Waals surface area contributed by atoms with E-state index in [4.69, 9.17) is 0 Å². The Bertz CT molecular complexity index is 963. The molecule has 25 heavy (non-hydrogen) atoms. The van der Waals surface area contributed by atoms with Gasteiger partial charge in [0.15, 0.2) is 0 Å². The Balaban J connectivity index is 1.97. The molecule has 1 aliphatic heterocycles. The molecular weight excluding hydrogens is 382 g/mol. The minimum atomic E-state index is -0.956. The van der Waals surface area contributed by atoms with Crippen molar-refractivity contribution in [2.45, 2.75) is 25.7 Å². The summed E-state index contributed by atoms with van der Waals surface area (Å²) in [6, 6.07) is 9.53. The summed E-state index contributed by atoms with van der Waals surface area (Å²) in [5.74, 6) is -0.565. The zero-order chi connectivity index (χ0) is 17.6. The Morgan fingerprint density at radius 2 is 2.12 bits per heavy atom. The molecule has 0 spiro atoms. The van der Waals surface area contributed by atoms with E-state index in [0.29, 0.717) is 17.1 Å². The van der Waals surface area contributed by atoms with Gasteiger partial charge in [0.25, 0.3) is 0 Å². The Kier molecular flexibility index (Phi) is 4.00. The second-order valence-electron chi connectivity index (χ2n) is 6.48. The number of halogens is 1. The third-order valence-corrected chi connectivity index (χ3v) is 5.32. The third kappa shape index (κ3) is 2.80. The molecule has 0 saturated heterocycles. The van der Waals surface area contributed by atoms with Crippen molar-refractivity contribution in [3.05, 3.63) is 52.1 Å². The fourth-order valence-corrected chi connectivity index (χ4v) is 3.73. The van der Waals surface area contributed by atoms with Gasteiger partial charge in [-0.05, 0) is 42.5 Å². The average molecular weight is 400 g/mol. The average Bonchev–Trinajstić information content (AvgIpc) is 2.87. The van der Waals surface area contributed by atoms with Gasteiger partial charge in [0, 0.05) is 16.6 Å². The number of aromatic nitrogens is 2. The molecule has 2 N–H and O–H groups in total. The Morgan fingerprint density at radius 1 is 1.36 bits per heavy atom. The Labute approximate surface area is 153 Å². The highest BCUT2D eigenvalue weighted by molar-refractivity contribution is 9.10. The summed E-state index contributed by atoms with van der Waals surface area (Å²) in [4.78, 5) is 12.0. The summed E-state index contributed by atoms with van der Waals surface area (Å²) in [5.41, 5.74) is 4.38. The van der Waals surface area contributed by atoms with Crippen molar-refractivity contribution in [2.24, 2.45) is 0 Å². The normalized spacial score (nSPS) is 17.0. The number of fused-ring (bicyclic) bond motifs is 2. The number of carboxylic acids is 1. The maximum Gasteiger partial charge on any atom is 0.340 e. The molecule has 0 amide bonds. The van der Waals surface area contributed by atoms with E-state index in [1.165, 1.54) is 0 Å². The number of hydrogen-bond acceptors (Lipinski definition) is 3. The predicted molar refractivity (Wildman–Crippen MR) is 101 cm³/mol. The highest BCUT2D eigenvalue weighted by atomic mass is 79.9. The molecular formula is C19H18BrN3O2. The number of nitrogens with one attached hydrogen (secondary N) is 1. The van der Waals surface area contributed by atoms with Gasteiger partial charge in [0.2, 0.25) is 0 Å². The molecule has 128 valence electrons. The number of carboxylic acid groups (broad SMARTS) is 1. The van der Waals surface area contributed by atoms with Crippen LogP contribution >= 0.6 is 15.9 Å². The fourth-order valence-electron chi connectivity index (χ4n) is 3.47. The van der Waals surface area contributed by atoms with Gasteiger partial charge in [0.05, 0.1) is 17.4 Å². The topological polar surface area (TPSA) is 66.6 Å². The molecule has 0 aliphatic carbocycles.